The van der Waals surface area contributed by atoms with Crippen LogP contribution in [0.1, 0.15) is 15.9 Å². The highest BCUT2D eigenvalue weighted by Crippen LogP contribution is 2.25. The van der Waals surface area contributed by atoms with Crippen molar-refractivity contribution in [3.8, 4) is 0 Å². The molecule has 3 N–H and O–H groups in total. The van der Waals surface area contributed by atoms with E-state index in [9.17, 15) is 4.79 Å². The molecule has 0 aliphatic heterocycles. The SMILES string of the molecule is NC(=S)c1cc(Br)ccc1NC(=O)c1ccc(Cl)cc1Cl. The van der Waals surface area contributed by atoms with Crippen LogP contribution >= 0.6 is 51.3 Å². The zero-order valence-electron chi connectivity index (χ0n) is 10.5. The molecule has 0 bridgehead atoms. The molecule has 2 rings (SSSR count). The second-order valence-electron chi connectivity index (χ2n) is 4.13. The summed E-state index contributed by atoms with van der Waals surface area (Å²) in [5.74, 6) is -0.364. The molecule has 7 heteroatoms. The number of carbonyl (C=O) groups is 1. The van der Waals surface area contributed by atoms with Gasteiger partial charge in [-0.1, -0.05) is 51.3 Å². The highest BCUT2D eigenvalue weighted by atomic mass is 79.9. The van der Waals surface area contributed by atoms with E-state index in [1.165, 1.54) is 6.07 Å². The fraction of sp³-hybridized carbons (Fsp3) is 0. The highest BCUT2D eigenvalue weighted by molar-refractivity contribution is 9.10. The van der Waals surface area contributed by atoms with Gasteiger partial charge in [-0.15, -0.1) is 0 Å². The van der Waals surface area contributed by atoms with Gasteiger partial charge in [-0.25, -0.2) is 0 Å². The normalized spacial score (nSPS) is 10.2. The quantitative estimate of drug-likeness (QED) is 0.733. The van der Waals surface area contributed by atoms with E-state index in [-0.39, 0.29) is 15.9 Å². The van der Waals surface area contributed by atoms with E-state index >= 15 is 0 Å². The van der Waals surface area contributed by atoms with Crippen molar-refractivity contribution < 1.29 is 4.79 Å². The van der Waals surface area contributed by atoms with Crippen molar-refractivity contribution in [1.29, 1.82) is 0 Å². The minimum Gasteiger partial charge on any atom is -0.389 e. The molecule has 0 unspecified atom stereocenters. The van der Waals surface area contributed by atoms with Crippen LogP contribution in [0.3, 0.4) is 0 Å². The van der Waals surface area contributed by atoms with Crippen molar-refractivity contribution >= 4 is 67.9 Å². The summed E-state index contributed by atoms with van der Waals surface area (Å²) in [6, 6.07) is 9.88. The Bertz CT molecular complexity index is 737. The third-order valence-corrected chi connectivity index (χ3v) is 3.93. The van der Waals surface area contributed by atoms with Crippen LogP contribution < -0.4 is 11.1 Å². The number of amides is 1. The van der Waals surface area contributed by atoms with Crippen LogP contribution in [0.25, 0.3) is 0 Å². The number of anilines is 1. The molecule has 108 valence electrons. The van der Waals surface area contributed by atoms with Crippen molar-refractivity contribution in [2.45, 2.75) is 0 Å². The Kier molecular flexibility index (Phi) is 5.22. The number of carbonyl (C=O) groups excluding carboxylic acids is 1. The molecule has 1 amide bonds. The molecular formula is C14H9BrCl2N2OS. The molecule has 0 aromatic heterocycles. The molecule has 0 aliphatic carbocycles. The molecule has 0 radical (unpaired) electrons. The summed E-state index contributed by atoms with van der Waals surface area (Å²) in [7, 11) is 0. The first-order valence-electron chi connectivity index (χ1n) is 5.74. The summed E-state index contributed by atoms with van der Waals surface area (Å²) in [6.45, 7) is 0. The summed E-state index contributed by atoms with van der Waals surface area (Å²) in [6.07, 6.45) is 0. The predicted molar refractivity (Wildman–Crippen MR) is 94.4 cm³/mol. The van der Waals surface area contributed by atoms with Crippen LogP contribution in [0.15, 0.2) is 40.9 Å². The third-order valence-electron chi connectivity index (χ3n) is 2.67. The van der Waals surface area contributed by atoms with Gasteiger partial charge in [0, 0.05) is 15.1 Å². The predicted octanol–water partition coefficient (Wildman–Crippen LogP) is 4.64. The van der Waals surface area contributed by atoms with Gasteiger partial charge in [0.25, 0.3) is 5.91 Å². The van der Waals surface area contributed by atoms with Gasteiger partial charge in [-0.05, 0) is 36.4 Å². The molecule has 0 aliphatic rings. The first-order valence-corrected chi connectivity index (χ1v) is 7.70. The Morgan fingerprint density at radius 2 is 1.86 bits per heavy atom. The molecule has 0 atom stereocenters. The molecule has 3 nitrogen and oxygen atoms in total. The second-order valence-corrected chi connectivity index (χ2v) is 6.33. The Balaban J connectivity index is 2.34. The van der Waals surface area contributed by atoms with Crippen LogP contribution in [-0.2, 0) is 0 Å². The topological polar surface area (TPSA) is 55.1 Å². The average molecular weight is 404 g/mol. The largest absolute Gasteiger partial charge is 0.389 e. The molecular weight excluding hydrogens is 395 g/mol. The molecule has 0 saturated heterocycles. The maximum atomic E-state index is 12.3. The van der Waals surface area contributed by atoms with Crippen LogP contribution in [-0.4, -0.2) is 10.9 Å². The number of halogens is 3. The van der Waals surface area contributed by atoms with Crippen LogP contribution in [0.2, 0.25) is 10.0 Å². The number of nitrogens with two attached hydrogens (primary N) is 1. The maximum absolute atomic E-state index is 12.3. The highest BCUT2D eigenvalue weighted by Gasteiger charge is 2.14. The van der Waals surface area contributed by atoms with Crippen molar-refractivity contribution in [2.24, 2.45) is 5.73 Å². The first-order chi connectivity index (χ1) is 9.88. The Morgan fingerprint density at radius 3 is 2.48 bits per heavy atom. The molecule has 0 fully saturated rings. The molecule has 21 heavy (non-hydrogen) atoms. The Labute approximate surface area is 145 Å². The lowest BCUT2D eigenvalue weighted by Gasteiger charge is -2.11. The zero-order chi connectivity index (χ0) is 15.6. The van der Waals surface area contributed by atoms with E-state index < -0.39 is 0 Å². The van der Waals surface area contributed by atoms with Crippen LogP contribution in [0.4, 0.5) is 5.69 Å². The van der Waals surface area contributed by atoms with E-state index in [2.05, 4.69) is 21.2 Å². The summed E-state index contributed by atoms with van der Waals surface area (Å²) < 4.78 is 0.813. The van der Waals surface area contributed by atoms with Gasteiger partial charge in [0.15, 0.2) is 0 Å². The number of thiocarbonyl (C=S) groups is 1. The van der Waals surface area contributed by atoms with Crippen LogP contribution in [0.5, 0.6) is 0 Å². The lowest BCUT2D eigenvalue weighted by Crippen LogP contribution is -2.18. The summed E-state index contributed by atoms with van der Waals surface area (Å²) >= 11 is 20.1. The minimum absolute atomic E-state index is 0.189. The van der Waals surface area contributed by atoms with Gasteiger partial charge in [0.05, 0.1) is 16.3 Å². The van der Waals surface area contributed by atoms with Crippen molar-refractivity contribution in [2.75, 3.05) is 5.32 Å². The van der Waals surface area contributed by atoms with E-state index in [1.807, 2.05) is 0 Å². The number of hydrogen-bond acceptors (Lipinski definition) is 2. The van der Waals surface area contributed by atoms with Gasteiger partial charge in [-0.3, -0.25) is 4.79 Å². The van der Waals surface area contributed by atoms with Crippen molar-refractivity contribution in [3.05, 3.63) is 62.0 Å². The lowest BCUT2D eigenvalue weighted by molar-refractivity contribution is 0.102. The van der Waals surface area contributed by atoms with E-state index in [1.54, 1.807) is 30.3 Å². The number of hydrogen-bond donors (Lipinski definition) is 2. The standard InChI is InChI=1S/C14H9BrCl2N2OS/c15-7-1-4-12(10(5-7)13(18)21)19-14(20)9-3-2-8(16)6-11(9)17/h1-6H,(H2,18,21)(H,19,20). The molecule has 0 saturated carbocycles. The fourth-order valence-electron chi connectivity index (χ4n) is 1.69. The monoisotopic (exact) mass is 402 g/mol. The molecule has 0 spiro atoms. The summed E-state index contributed by atoms with van der Waals surface area (Å²) in [5.41, 5.74) is 7.06. The van der Waals surface area contributed by atoms with E-state index in [0.29, 0.717) is 21.8 Å². The Morgan fingerprint density at radius 1 is 1.14 bits per heavy atom. The number of benzene rings is 2. The lowest BCUT2D eigenvalue weighted by atomic mass is 10.1. The van der Waals surface area contributed by atoms with Crippen molar-refractivity contribution in [1.82, 2.24) is 0 Å². The maximum Gasteiger partial charge on any atom is 0.257 e. The van der Waals surface area contributed by atoms with Gasteiger partial charge in [-0.2, -0.15) is 0 Å². The second kappa shape index (κ2) is 6.75. The fourth-order valence-corrected chi connectivity index (χ4v) is 2.72. The number of nitrogens with one attached hydrogen (secondary N) is 1. The van der Waals surface area contributed by atoms with Gasteiger partial charge >= 0.3 is 0 Å². The first kappa shape index (κ1) is 16.2. The van der Waals surface area contributed by atoms with Crippen molar-refractivity contribution in [3.63, 3.8) is 0 Å². The minimum atomic E-state index is -0.364. The zero-order valence-corrected chi connectivity index (χ0v) is 14.4. The van der Waals surface area contributed by atoms with E-state index in [0.717, 1.165) is 4.47 Å². The van der Waals surface area contributed by atoms with E-state index in [4.69, 9.17) is 41.2 Å². The van der Waals surface area contributed by atoms with Gasteiger partial charge in [0.1, 0.15) is 4.99 Å². The molecule has 2 aromatic rings. The smallest absolute Gasteiger partial charge is 0.257 e. The summed E-state index contributed by atoms with van der Waals surface area (Å²) in [5, 5.41) is 3.48. The average Bonchev–Trinajstić information content (AvgIpc) is 2.40. The Hall–Kier alpha value is -1.14. The third kappa shape index (κ3) is 3.95. The summed E-state index contributed by atoms with van der Waals surface area (Å²) in [4.78, 5) is 12.5. The van der Waals surface area contributed by atoms with Gasteiger partial charge in [0.2, 0.25) is 0 Å². The van der Waals surface area contributed by atoms with Gasteiger partial charge < -0.3 is 11.1 Å². The van der Waals surface area contributed by atoms with Crippen LogP contribution in [0, 0.1) is 0 Å². The number of rotatable bonds is 3. The molecule has 2 aromatic carbocycles. The molecule has 0 heterocycles.